The van der Waals surface area contributed by atoms with Crippen LogP contribution in [0.25, 0.3) is 0 Å². The van der Waals surface area contributed by atoms with Crippen molar-refractivity contribution in [1.29, 1.82) is 0 Å². The quantitative estimate of drug-likeness (QED) is 0.259. The molecule has 0 radical (unpaired) electrons. The summed E-state index contributed by atoms with van der Waals surface area (Å²) in [6.45, 7) is 2.67. The molecule has 1 aliphatic rings. The molecule has 1 heterocycles. The zero-order chi connectivity index (χ0) is 21.5. The minimum absolute atomic E-state index is 0.0287. The lowest BCUT2D eigenvalue weighted by atomic mass is 10.1. The van der Waals surface area contributed by atoms with Gasteiger partial charge in [0, 0.05) is 18.5 Å². The molecule has 0 saturated carbocycles. The van der Waals surface area contributed by atoms with Crippen LogP contribution in [0.3, 0.4) is 0 Å². The van der Waals surface area contributed by atoms with Crippen molar-refractivity contribution in [2.24, 2.45) is 0 Å². The molecule has 0 unspecified atom stereocenters. The maximum absolute atomic E-state index is 12.3. The van der Waals surface area contributed by atoms with Crippen molar-refractivity contribution in [1.82, 2.24) is 4.90 Å². The van der Waals surface area contributed by atoms with E-state index in [0.29, 0.717) is 35.5 Å². The molecule has 0 fully saturated rings. The van der Waals surface area contributed by atoms with Crippen molar-refractivity contribution in [2.45, 2.75) is 26.2 Å². The lowest BCUT2D eigenvalue weighted by molar-refractivity contribution is -0.143. The van der Waals surface area contributed by atoms with Gasteiger partial charge in [0.25, 0.3) is 11.8 Å². The summed E-state index contributed by atoms with van der Waals surface area (Å²) in [4.78, 5) is 49.7. The molecule has 2 aromatic rings. The van der Waals surface area contributed by atoms with Gasteiger partial charge in [0.05, 0.1) is 30.8 Å². The molecule has 7 heteroatoms. The van der Waals surface area contributed by atoms with Gasteiger partial charge in [-0.3, -0.25) is 24.1 Å². The first-order valence-corrected chi connectivity index (χ1v) is 9.88. The largest absolute Gasteiger partial charge is 0.494 e. The fourth-order valence-electron chi connectivity index (χ4n) is 3.19. The van der Waals surface area contributed by atoms with Gasteiger partial charge in [-0.15, -0.1) is 0 Å². The minimum atomic E-state index is -0.489. The second kappa shape index (κ2) is 9.82. The Bertz CT molecular complexity index is 915. The highest BCUT2D eigenvalue weighted by molar-refractivity contribution is 6.21. The molecular formula is C23H23NO6. The van der Waals surface area contributed by atoms with Crippen molar-refractivity contribution < 1.29 is 28.7 Å². The standard InChI is InChI=1S/C23H23NO6/c1-2-29-17-10-8-16(9-11-17)20(25)12-13-21(26)30-15-5-14-24-22(27)18-6-3-4-7-19(18)23(24)28/h3-4,6-11H,2,5,12-15H2,1H3. The van der Waals surface area contributed by atoms with Crippen LogP contribution >= 0.6 is 0 Å². The Morgan fingerprint density at radius 2 is 1.53 bits per heavy atom. The van der Waals surface area contributed by atoms with E-state index in [2.05, 4.69) is 0 Å². The SMILES string of the molecule is CCOc1ccc(C(=O)CCC(=O)OCCCN2C(=O)c3ccccc3C2=O)cc1. The topological polar surface area (TPSA) is 90.0 Å². The number of carbonyl (C=O) groups is 4. The number of esters is 1. The normalized spacial score (nSPS) is 12.6. The molecule has 0 spiro atoms. The summed E-state index contributed by atoms with van der Waals surface area (Å²) in [5.74, 6) is -0.616. The second-order valence-electron chi connectivity index (χ2n) is 6.76. The molecule has 0 aromatic heterocycles. The van der Waals surface area contributed by atoms with Crippen LogP contribution in [0.1, 0.15) is 57.3 Å². The highest BCUT2D eigenvalue weighted by Crippen LogP contribution is 2.22. The Labute approximate surface area is 174 Å². The minimum Gasteiger partial charge on any atom is -0.494 e. The zero-order valence-corrected chi connectivity index (χ0v) is 16.8. The summed E-state index contributed by atoms with van der Waals surface area (Å²) < 4.78 is 10.5. The van der Waals surface area contributed by atoms with Gasteiger partial charge in [-0.2, -0.15) is 0 Å². The molecule has 30 heavy (non-hydrogen) atoms. The summed E-state index contributed by atoms with van der Waals surface area (Å²) in [6.07, 6.45) is 0.355. The zero-order valence-electron chi connectivity index (χ0n) is 16.8. The number of ketones is 1. The fourth-order valence-corrected chi connectivity index (χ4v) is 3.19. The van der Waals surface area contributed by atoms with Crippen molar-refractivity contribution >= 4 is 23.6 Å². The third-order valence-corrected chi connectivity index (χ3v) is 4.71. The summed E-state index contributed by atoms with van der Waals surface area (Å²) in [7, 11) is 0. The second-order valence-corrected chi connectivity index (χ2v) is 6.76. The predicted molar refractivity (Wildman–Crippen MR) is 109 cm³/mol. The van der Waals surface area contributed by atoms with Gasteiger partial charge in [0.2, 0.25) is 0 Å². The predicted octanol–water partition coefficient (Wildman–Crippen LogP) is 3.28. The highest BCUT2D eigenvalue weighted by Gasteiger charge is 2.34. The third kappa shape index (κ3) is 4.92. The van der Waals surface area contributed by atoms with Crippen molar-refractivity contribution in [3.05, 3.63) is 65.2 Å². The van der Waals surface area contributed by atoms with Crippen LogP contribution in [0.2, 0.25) is 0 Å². The first-order valence-electron chi connectivity index (χ1n) is 9.88. The summed E-state index contributed by atoms with van der Waals surface area (Å²) in [6, 6.07) is 13.4. The average molecular weight is 409 g/mol. The van der Waals surface area contributed by atoms with Gasteiger partial charge >= 0.3 is 5.97 Å². The number of rotatable bonds is 10. The number of benzene rings is 2. The highest BCUT2D eigenvalue weighted by atomic mass is 16.5. The number of fused-ring (bicyclic) bond motifs is 1. The molecule has 0 aliphatic carbocycles. The molecule has 2 aromatic carbocycles. The first-order chi connectivity index (χ1) is 14.5. The first kappa shape index (κ1) is 21.2. The summed E-state index contributed by atoms with van der Waals surface area (Å²) >= 11 is 0. The number of ether oxygens (including phenoxy) is 2. The molecular weight excluding hydrogens is 386 g/mol. The van der Waals surface area contributed by atoms with E-state index in [4.69, 9.17) is 9.47 Å². The Morgan fingerprint density at radius 1 is 0.900 bits per heavy atom. The molecule has 0 bridgehead atoms. The monoisotopic (exact) mass is 409 g/mol. The van der Waals surface area contributed by atoms with Gasteiger partial charge in [0.15, 0.2) is 5.78 Å². The van der Waals surface area contributed by atoms with Gasteiger partial charge in [-0.25, -0.2) is 0 Å². The van der Waals surface area contributed by atoms with Gasteiger partial charge in [-0.1, -0.05) is 12.1 Å². The number of imide groups is 1. The maximum atomic E-state index is 12.3. The molecule has 0 atom stereocenters. The Kier molecular flexibility index (Phi) is 6.95. The van der Waals surface area contributed by atoms with E-state index >= 15 is 0 Å². The van der Waals surface area contributed by atoms with E-state index in [1.165, 1.54) is 0 Å². The van der Waals surface area contributed by atoms with Gasteiger partial charge < -0.3 is 9.47 Å². The molecule has 7 nitrogen and oxygen atoms in total. The number of carbonyl (C=O) groups excluding carboxylic acids is 4. The van der Waals surface area contributed by atoms with E-state index in [0.717, 1.165) is 4.90 Å². The third-order valence-electron chi connectivity index (χ3n) is 4.71. The Balaban J connectivity index is 1.37. The van der Waals surface area contributed by atoms with E-state index < -0.39 is 5.97 Å². The molecule has 156 valence electrons. The van der Waals surface area contributed by atoms with Crippen LogP contribution in [0.5, 0.6) is 5.75 Å². The average Bonchev–Trinajstić information content (AvgIpc) is 3.00. The van der Waals surface area contributed by atoms with Crippen molar-refractivity contribution in [2.75, 3.05) is 19.8 Å². The van der Waals surface area contributed by atoms with E-state index in [9.17, 15) is 19.2 Å². The van der Waals surface area contributed by atoms with Crippen LogP contribution in [-0.4, -0.2) is 48.2 Å². The molecule has 3 rings (SSSR count). The maximum Gasteiger partial charge on any atom is 0.306 e. The lowest BCUT2D eigenvalue weighted by Gasteiger charge is -2.13. The lowest BCUT2D eigenvalue weighted by Crippen LogP contribution is -2.31. The van der Waals surface area contributed by atoms with Crippen LogP contribution in [0.4, 0.5) is 0 Å². The summed E-state index contributed by atoms with van der Waals surface area (Å²) in [5, 5.41) is 0. The fraction of sp³-hybridized carbons (Fsp3) is 0.304. The number of hydrogen-bond acceptors (Lipinski definition) is 6. The van der Waals surface area contributed by atoms with E-state index in [1.54, 1.807) is 48.5 Å². The van der Waals surface area contributed by atoms with Gasteiger partial charge in [0.1, 0.15) is 5.75 Å². The molecule has 0 saturated heterocycles. The van der Waals surface area contributed by atoms with E-state index in [1.807, 2.05) is 6.92 Å². The Hall–Kier alpha value is -3.48. The van der Waals surface area contributed by atoms with Crippen molar-refractivity contribution in [3.8, 4) is 5.75 Å². The number of hydrogen-bond donors (Lipinski definition) is 0. The molecule has 1 aliphatic heterocycles. The van der Waals surface area contributed by atoms with Crippen LogP contribution < -0.4 is 4.74 Å². The Morgan fingerprint density at radius 3 is 2.13 bits per heavy atom. The number of nitrogens with zero attached hydrogens (tertiary/aromatic N) is 1. The smallest absolute Gasteiger partial charge is 0.306 e. The van der Waals surface area contributed by atoms with Crippen molar-refractivity contribution in [3.63, 3.8) is 0 Å². The van der Waals surface area contributed by atoms with Crippen LogP contribution in [-0.2, 0) is 9.53 Å². The van der Waals surface area contributed by atoms with E-state index in [-0.39, 0.29) is 43.6 Å². The van der Waals surface area contributed by atoms with Crippen LogP contribution in [0.15, 0.2) is 48.5 Å². The molecule has 2 amide bonds. The molecule has 0 N–H and O–H groups in total. The number of amides is 2. The van der Waals surface area contributed by atoms with Crippen LogP contribution in [0, 0.1) is 0 Å². The van der Waals surface area contributed by atoms with Gasteiger partial charge in [-0.05, 0) is 49.7 Å². The number of Topliss-reactive ketones (excluding diaryl/α,β-unsaturated/α-hetero) is 1. The summed E-state index contributed by atoms with van der Waals surface area (Å²) in [5.41, 5.74) is 1.30.